The summed E-state index contributed by atoms with van der Waals surface area (Å²) in [7, 11) is 1.59. The van der Waals surface area contributed by atoms with Crippen molar-refractivity contribution in [3.05, 3.63) is 54.6 Å². The molecule has 1 fully saturated rings. The maximum atomic E-state index is 12.7. The van der Waals surface area contributed by atoms with Gasteiger partial charge in [-0.1, -0.05) is 6.07 Å². The summed E-state index contributed by atoms with van der Waals surface area (Å²) in [6, 6.07) is 11.0. The molecule has 1 aliphatic rings. The lowest BCUT2D eigenvalue weighted by Gasteiger charge is -2.35. The molecule has 4 rings (SSSR count). The zero-order valence-corrected chi connectivity index (χ0v) is 14.9. The first-order chi connectivity index (χ1) is 13.2. The highest BCUT2D eigenvalue weighted by Gasteiger charge is 2.23. The second kappa shape index (κ2) is 7.40. The summed E-state index contributed by atoms with van der Waals surface area (Å²) in [5.41, 5.74) is 0.639. The molecule has 3 aromatic rings. The molecule has 138 valence electrons. The second-order valence-corrected chi connectivity index (χ2v) is 6.10. The molecule has 0 N–H and O–H groups in total. The standard InChI is InChI=1S/C18H19N7O2/c1-27-15-4-2-3-14(11-15)18(26)24-9-7-23(8-10-24)16-5-6-17(22-21-16)25-13-19-12-20-25/h2-6,11-13H,7-10H2,1H3. The highest BCUT2D eigenvalue weighted by Crippen LogP contribution is 2.18. The van der Waals surface area contributed by atoms with Crippen LogP contribution in [0, 0.1) is 0 Å². The van der Waals surface area contributed by atoms with E-state index in [1.165, 1.54) is 6.33 Å². The van der Waals surface area contributed by atoms with Crippen molar-refractivity contribution in [2.45, 2.75) is 0 Å². The number of piperazine rings is 1. The van der Waals surface area contributed by atoms with Crippen LogP contribution < -0.4 is 9.64 Å². The minimum atomic E-state index is 0.0150. The van der Waals surface area contributed by atoms with E-state index in [-0.39, 0.29) is 5.91 Å². The second-order valence-electron chi connectivity index (χ2n) is 6.10. The number of carbonyl (C=O) groups is 1. The number of hydrogen-bond acceptors (Lipinski definition) is 7. The Labute approximate surface area is 156 Å². The van der Waals surface area contributed by atoms with Gasteiger partial charge < -0.3 is 14.5 Å². The van der Waals surface area contributed by atoms with Crippen LogP contribution in [0.3, 0.4) is 0 Å². The van der Waals surface area contributed by atoms with Gasteiger partial charge in [0.15, 0.2) is 11.6 Å². The van der Waals surface area contributed by atoms with Crippen LogP contribution in [0.1, 0.15) is 10.4 Å². The smallest absolute Gasteiger partial charge is 0.254 e. The third-order valence-corrected chi connectivity index (χ3v) is 4.50. The predicted molar refractivity (Wildman–Crippen MR) is 98.1 cm³/mol. The fraction of sp³-hybridized carbons (Fsp3) is 0.278. The molecule has 1 saturated heterocycles. The number of methoxy groups -OCH3 is 1. The lowest BCUT2D eigenvalue weighted by molar-refractivity contribution is 0.0746. The third kappa shape index (κ3) is 3.57. The van der Waals surface area contributed by atoms with E-state index >= 15 is 0 Å². The van der Waals surface area contributed by atoms with E-state index in [1.54, 1.807) is 24.2 Å². The molecule has 9 heteroatoms. The van der Waals surface area contributed by atoms with Gasteiger partial charge in [0.2, 0.25) is 0 Å². The first-order valence-corrected chi connectivity index (χ1v) is 8.61. The Kier molecular flexibility index (Phi) is 4.65. The van der Waals surface area contributed by atoms with Crippen molar-refractivity contribution in [1.82, 2.24) is 29.9 Å². The average molecular weight is 365 g/mol. The van der Waals surface area contributed by atoms with Crippen molar-refractivity contribution in [2.24, 2.45) is 0 Å². The maximum Gasteiger partial charge on any atom is 0.254 e. The SMILES string of the molecule is COc1cccc(C(=O)N2CCN(c3ccc(-n4cncn4)nn3)CC2)c1. The molecule has 0 atom stereocenters. The van der Waals surface area contributed by atoms with Gasteiger partial charge in [0.05, 0.1) is 7.11 Å². The van der Waals surface area contributed by atoms with Gasteiger partial charge in [0, 0.05) is 31.7 Å². The minimum Gasteiger partial charge on any atom is -0.497 e. The molecular formula is C18H19N7O2. The van der Waals surface area contributed by atoms with Gasteiger partial charge in [-0.3, -0.25) is 4.79 Å². The normalized spacial score (nSPS) is 14.3. The van der Waals surface area contributed by atoms with Crippen molar-refractivity contribution in [3.8, 4) is 11.6 Å². The average Bonchev–Trinajstić information content (AvgIpc) is 3.28. The first kappa shape index (κ1) is 17.0. The van der Waals surface area contributed by atoms with E-state index < -0.39 is 0 Å². The van der Waals surface area contributed by atoms with Crippen LogP contribution in [0.5, 0.6) is 5.75 Å². The molecule has 0 bridgehead atoms. The molecule has 1 aromatic carbocycles. The predicted octanol–water partition coefficient (Wildman–Crippen LogP) is 1.03. The Bertz CT molecular complexity index is 904. The highest BCUT2D eigenvalue weighted by atomic mass is 16.5. The van der Waals surface area contributed by atoms with E-state index in [4.69, 9.17) is 4.74 Å². The number of amides is 1. The van der Waals surface area contributed by atoms with Crippen LogP contribution >= 0.6 is 0 Å². The highest BCUT2D eigenvalue weighted by molar-refractivity contribution is 5.94. The Morgan fingerprint density at radius 1 is 1.04 bits per heavy atom. The van der Waals surface area contributed by atoms with Crippen molar-refractivity contribution in [2.75, 3.05) is 38.2 Å². The monoisotopic (exact) mass is 365 g/mol. The Balaban J connectivity index is 1.39. The fourth-order valence-corrected chi connectivity index (χ4v) is 3.01. The van der Waals surface area contributed by atoms with Gasteiger partial charge in [-0.25, -0.2) is 9.67 Å². The van der Waals surface area contributed by atoms with Crippen LogP contribution in [-0.4, -0.2) is 69.1 Å². The summed E-state index contributed by atoms with van der Waals surface area (Å²) < 4.78 is 6.76. The molecule has 1 amide bonds. The summed E-state index contributed by atoms with van der Waals surface area (Å²) in [5.74, 6) is 2.10. The minimum absolute atomic E-state index is 0.0150. The molecule has 0 aliphatic carbocycles. The molecule has 27 heavy (non-hydrogen) atoms. The van der Waals surface area contributed by atoms with E-state index in [1.807, 2.05) is 35.2 Å². The molecule has 0 radical (unpaired) electrons. The number of ether oxygens (including phenoxy) is 1. The quantitative estimate of drug-likeness (QED) is 0.682. The Morgan fingerprint density at radius 3 is 2.48 bits per heavy atom. The number of aromatic nitrogens is 5. The van der Waals surface area contributed by atoms with Crippen LogP contribution in [-0.2, 0) is 0 Å². The molecular weight excluding hydrogens is 346 g/mol. The molecule has 0 saturated carbocycles. The number of hydrogen-bond donors (Lipinski definition) is 0. The van der Waals surface area contributed by atoms with E-state index in [9.17, 15) is 4.79 Å². The zero-order chi connectivity index (χ0) is 18.6. The first-order valence-electron chi connectivity index (χ1n) is 8.61. The van der Waals surface area contributed by atoms with Crippen LogP contribution in [0.15, 0.2) is 49.1 Å². The summed E-state index contributed by atoms with van der Waals surface area (Å²) in [6.07, 6.45) is 3.03. The van der Waals surface area contributed by atoms with Gasteiger partial charge in [-0.05, 0) is 30.3 Å². The molecule has 0 unspecified atom stereocenters. The van der Waals surface area contributed by atoms with Gasteiger partial charge in [0.25, 0.3) is 5.91 Å². The van der Waals surface area contributed by atoms with E-state index in [2.05, 4.69) is 25.2 Å². The molecule has 3 heterocycles. The van der Waals surface area contributed by atoms with Crippen molar-refractivity contribution >= 4 is 11.7 Å². The molecule has 1 aliphatic heterocycles. The van der Waals surface area contributed by atoms with Crippen molar-refractivity contribution in [3.63, 3.8) is 0 Å². The van der Waals surface area contributed by atoms with Gasteiger partial charge in [-0.15, -0.1) is 10.2 Å². The van der Waals surface area contributed by atoms with Gasteiger partial charge in [0.1, 0.15) is 18.4 Å². The number of carbonyl (C=O) groups excluding carboxylic acids is 1. The fourth-order valence-electron chi connectivity index (χ4n) is 3.01. The van der Waals surface area contributed by atoms with E-state index in [0.717, 1.165) is 5.82 Å². The van der Waals surface area contributed by atoms with Crippen LogP contribution in [0.2, 0.25) is 0 Å². The summed E-state index contributed by atoms with van der Waals surface area (Å²) in [5, 5.41) is 12.5. The largest absolute Gasteiger partial charge is 0.497 e. The van der Waals surface area contributed by atoms with Gasteiger partial charge in [-0.2, -0.15) is 5.10 Å². The lowest BCUT2D eigenvalue weighted by Crippen LogP contribution is -2.49. The van der Waals surface area contributed by atoms with Crippen molar-refractivity contribution < 1.29 is 9.53 Å². The topological polar surface area (TPSA) is 89.3 Å². The van der Waals surface area contributed by atoms with Crippen molar-refractivity contribution in [1.29, 1.82) is 0 Å². The molecule has 2 aromatic heterocycles. The van der Waals surface area contributed by atoms with E-state index in [0.29, 0.717) is 43.3 Å². The molecule has 0 spiro atoms. The number of rotatable bonds is 4. The van der Waals surface area contributed by atoms with Gasteiger partial charge >= 0.3 is 0 Å². The number of benzene rings is 1. The lowest BCUT2D eigenvalue weighted by atomic mass is 10.1. The molecule has 9 nitrogen and oxygen atoms in total. The zero-order valence-electron chi connectivity index (χ0n) is 14.9. The summed E-state index contributed by atoms with van der Waals surface area (Å²) >= 11 is 0. The van der Waals surface area contributed by atoms with Crippen LogP contribution in [0.4, 0.5) is 5.82 Å². The number of anilines is 1. The Morgan fingerprint density at radius 2 is 1.81 bits per heavy atom. The number of nitrogens with zero attached hydrogens (tertiary/aromatic N) is 7. The van der Waals surface area contributed by atoms with Crippen LogP contribution in [0.25, 0.3) is 5.82 Å². The maximum absolute atomic E-state index is 12.7. The summed E-state index contributed by atoms with van der Waals surface area (Å²) in [4.78, 5) is 20.6. The summed E-state index contributed by atoms with van der Waals surface area (Å²) in [6.45, 7) is 2.66. The third-order valence-electron chi connectivity index (χ3n) is 4.50. The Hall–Kier alpha value is -3.49.